The lowest BCUT2D eigenvalue weighted by Gasteiger charge is -2.12. The summed E-state index contributed by atoms with van der Waals surface area (Å²) in [7, 11) is 0. The number of halogens is 3. The van der Waals surface area contributed by atoms with Crippen molar-refractivity contribution in [2.24, 2.45) is 0 Å². The first-order chi connectivity index (χ1) is 12.7. The maximum atomic E-state index is 12.0. The molecule has 0 aliphatic heterocycles. The van der Waals surface area contributed by atoms with Crippen molar-refractivity contribution in [3.05, 3.63) is 0 Å². The van der Waals surface area contributed by atoms with E-state index in [1.807, 2.05) is 0 Å². The molecular weight excluding hydrogens is 419 g/mol. The first kappa shape index (κ1) is 23.3. The molecule has 1 aromatic heterocycles. The van der Waals surface area contributed by atoms with Crippen LogP contribution in [0.4, 0.5) is 17.8 Å². The average molecular weight is 440 g/mol. The zero-order valence-corrected chi connectivity index (χ0v) is 17.3. The van der Waals surface area contributed by atoms with Crippen molar-refractivity contribution < 1.29 is 14.4 Å². The minimum Gasteiger partial charge on any atom is -0.293 e. The first-order valence-electron chi connectivity index (χ1n) is 8.32. The van der Waals surface area contributed by atoms with Crippen LogP contribution < -0.4 is 16.0 Å². The van der Waals surface area contributed by atoms with Crippen molar-refractivity contribution >= 4 is 70.4 Å². The van der Waals surface area contributed by atoms with E-state index >= 15 is 0 Å². The summed E-state index contributed by atoms with van der Waals surface area (Å²) >= 11 is 17.6. The van der Waals surface area contributed by atoms with E-state index < -0.39 is 33.9 Å². The summed E-state index contributed by atoms with van der Waals surface area (Å²) in [5.74, 6) is -2.17. The van der Waals surface area contributed by atoms with E-state index in [0.717, 1.165) is 0 Å². The van der Waals surface area contributed by atoms with Crippen LogP contribution in [-0.2, 0) is 14.4 Å². The highest BCUT2D eigenvalue weighted by Crippen LogP contribution is 2.14. The van der Waals surface area contributed by atoms with E-state index in [0.29, 0.717) is 19.3 Å². The van der Waals surface area contributed by atoms with Crippen LogP contribution in [0.5, 0.6) is 0 Å². The molecule has 1 aromatic rings. The Morgan fingerprint density at radius 2 is 0.889 bits per heavy atom. The number of aromatic nitrogens is 3. The second-order valence-corrected chi connectivity index (χ2v) is 6.98. The molecule has 1 rings (SSSR count). The third kappa shape index (κ3) is 7.43. The van der Waals surface area contributed by atoms with Gasteiger partial charge in [0, 0.05) is 0 Å². The van der Waals surface area contributed by atoms with E-state index in [2.05, 4.69) is 30.9 Å². The molecule has 0 spiro atoms. The third-order valence-electron chi connectivity index (χ3n) is 3.27. The fourth-order valence-corrected chi connectivity index (χ4v) is 1.83. The number of rotatable bonds is 9. The summed E-state index contributed by atoms with van der Waals surface area (Å²) in [4.78, 5) is 47.7. The van der Waals surface area contributed by atoms with Gasteiger partial charge in [0.1, 0.15) is 16.1 Å². The van der Waals surface area contributed by atoms with Crippen molar-refractivity contribution in [1.29, 1.82) is 0 Å². The minimum atomic E-state index is -0.794. The Balaban J connectivity index is 3.11. The van der Waals surface area contributed by atoms with Crippen molar-refractivity contribution in [3.8, 4) is 0 Å². The number of anilines is 3. The Labute approximate surface area is 172 Å². The van der Waals surface area contributed by atoms with Gasteiger partial charge in [-0.05, 0) is 19.3 Å². The Hall–Kier alpha value is -1.71. The molecule has 150 valence electrons. The highest BCUT2D eigenvalue weighted by molar-refractivity contribution is 6.33. The summed E-state index contributed by atoms with van der Waals surface area (Å²) in [5.41, 5.74) is 0. The maximum Gasteiger partial charge on any atom is 0.244 e. The molecule has 0 aromatic carbocycles. The zero-order valence-electron chi connectivity index (χ0n) is 15.1. The molecular formula is C15H21Cl3N6O3. The minimum absolute atomic E-state index is 0.190. The fourth-order valence-electron chi connectivity index (χ4n) is 1.67. The van der Waals surface area contributed by atoms with Crippen molar-refractivity contribution in [2.45, 2.75) is 56.2 Å². The van der Waals surface area contributed by atoms with Gasteiger partial charge in [-0.25, -0.2) is 0 Å². The number of hydrogen-bond donors (Lipinski definition) is 3. The molecule has 12 heteroatoms. The second kappa shape index (κ2) is 11.2. The standard InChI is InChI=1S/C15H21Cl3N6O3/c1-4-7(16)10(25)19-13-22-14(20-11(26)8(17)5-2)24-15(23-13)21-12(27)9(18)6-3/h7-9H,4-6H2,1-3H3,(H3,19,20,21,22,23,24,25,26,27). The molecule has 0 aliphatic rings. The molecule has 3 amide bonds. The summed E-state index contributed by atoms with van der Waals surface area (Å²) in [5, 5.41) is 4.83. The van der Waals surface area contributed by atoms with Gasteiger partial charge in [-0.3, -0.25) is 30.3 Å². The number of amides is 3. The van der Waals surface area contributed by atoms with Gasteiger partial charge in [-0.1, -0.05) is 20.8 Å². The predicted molar refractivity (Wildman–Crippen MR) is 106 cm³/mol. The number of carbonyl (C=O) groups excluding carboxylic acids is 3. The van der Waals surface area contributed by atoms with E-state index in [4.69, 9.17) is 34.8 Å². The summed E-state index contributed by atoms with van der Waals surface area (Å²) in [6, 6.07) is 0. The molecule has 0 aliphatic carbocycles. The van der Waals surface area contributed by atoms with Crippen LogP contribution in [0.3, 0.4) is 0 Å². The van der Waals surface area contributed by atoms with Gasteiger partial charge in [0.15, 0.2) is 0 Å². The van der Waals surface area contributed by atoms with Gasteiger partial charge in [0.05, 0.1) is 0 Å². The normalized spacial score (nSPS) is 14.0. The predicted octanol–water partition coefficient (Wildman–Crippen LogP) is 2.74. The van der Waals surface area contributed by atoms with Gasteiger partial charge in [0.2, 0.25) is 35.6 Å². The molecule has 3 N–H and O–H groups in total. The first-order valence-corrected chi connectivity index (χ1v) is 9.63. The topological polar surface area (TPSA) is 126 Å². The fraction of sp³-hybridized carbons (Fsp3) is 0.600. The second-order valence-electron chi connectivity index (χ2n) is 5.40. The van der Waals surface area contributed by atoms with Gasteiger partial charge in [-0.2, -0.15) is 15.0 Å². The van der Waals surface area contributed by atoms with Crippen LogP contribution in [-0.4, -0.2) is 48.8 Å². The monoisotopic (exact) mass is 438 g/mol. The molecule has 3 unspecified atom stereocenters. The highest BCUT2D eigenvalue weighted by atomic mass is 35.5. The maximum absolute atomic E-state index is 12.0. The lowest BCUT2D eigenvalue weighted by molar-refractivity contribution is -0.116. The lowest BCUT2D eigenvalue weighted by Crippen LogP contribution is -2.28. The lowest BCUT2D eigenvalue weighted by atomic mass is 10.3. The summed E-state index contributed by atoms with van der Waals surface area (Å²) < 4.78 is 0. The van der Waals surface area contributed by atoms with Crippen LogP contribution in [0, 0.1) is 0 Å². The molecule has 1 heterocycles. The molecule has 27 heavy (non-hydrogen) atoms. The third-order valence-corrected chi connectivity index (χ3v) is 4.79. The molecule has 9 nitrogen and oxygen atoms in total. The number of alkyl halides is 3. The highest BCUT2D eigenvalue weighted by Gasteiger charge is 2.20. The van der Waals surface area contributed by atoms with Gasteiger partial charge >= 0.3 is 0 Å². The van der Waals surface area contributed by atoms with Crippen LogP contribution in [0.15, 0.2) is 0 Å². The Morgan fingerprint density at radius 1 is 0.667 bits per heavy atom. The average Bonchev–Trinajstić information content (AvgIpc) is 2.65. The molecule has 0 saturated carbocycles. The Bertz CT molecular complexity index is 588. The number of carbonyl (C=O) groups is 3. The Morgan fingerprint density at radius 3 is 1.07 bits per heavy atom. The quantitative estimate of drug-likeness (QED) is 0.508. The summed E-state index contributed by atoms with van der Waals surface area (Å²) in [6.45, 7) is 5.20. The number of nitrogens with zero attached hydrogens (tertiary/aromatic N) is 3. The zero-order chi connectivity index (χ0) is 20.6. The van der Waals surface area contributed by atoms with Crippen LogP contribution >= 0.6 is 34.8 Å². The van der Waals surface area contributed by atoms with Crippen LogP contribution in [0.1, 0.15) is 40.0 Å². The van der Waals surface area contributed by atoms with E-state index in [1.165, 1.54) is 0 Å². The van der Waals surface area contributed by atoms with Gasteiger partial charge in [-0.15, -0.1) is 34.8 Å². The van der Waals surface area contributed by atoms with Gasteiger partial charge in [0.25, 0.3) is 0 Å². The molecule has 0 bridgehead atoms. The molecule has 0 saturated heterocycles. The van der Waals surface area contributed by atoms with Crippen LogP contribution in [0.2, 0.25) is 0 Å². The smallest absolute Gasteiger partial charge is 0.244 e. The largest absolute Gasteiger partial charge is 0.293 e. The van der Waals surface area contributed by atoms with E-state index in [9.17, 15) is 14.4 Å². The molecule has 0 radical (unpaired) electrons. The van der Waals surface area contributed by atoms with Crippen LogP contribution in [0.25, 0.3) is 0 Å². The molecule has 3 atom stereocenters. The summed E-state index contributed by atoms with van der Waals surface area (Å²) in [6.07, 6.45) is 1.17. The number of hydrogen-bond acceptors (Lipinski definition) is 6. The van der Waals surface area contributed by atoms with E-state index in [1.54, 1.807) is 20.8 Å². The van der Waals surface area contributed by atoms with E-state index in [-0.39, 0.29) is 17.8 Å². The SMILES string of the molecule is CCC(Cl)C(=O)Nc1nc(NC(=O)C(Cl)CC)nc(NC(=O)C(Cl)CC)n1. The van der Waals surface area contributed by atoms with Crippen molar-refractivity contribution in [3.63, 3.8) is 0 Å². The Kier molecular flexibility index (Phi) is 9.68. The molecule has 0 fully saturated rings. The van der Waals surface area contributed by atoms with Gasteiger partial charge < -0.3 is 0 Å². The van der Waals surface area contributed by atoms with Crippen molar-refractivity contribution in [2.75, 3.05) is 16.0 Å². The number of nitrogens with one attached hydrogen (secondary N) is 3. The van der Waals surface area contributed by atoms with Crippen molar-refractivity contribution in [1.82, 2.24) is 15.0 Å².